The van der Waals surface area contributed by atoms with Crippen molar-refractivity contribution < 1.29 is 14.5 Å². The second-order valence-corrected chi connectivity index (χ2v) is 8.09. The van der Waals surface area contributed by atoms with Crippen molar-refractivity contribution >= 4 is 34.1 Å². The number of nitrogens with one attached hydrogen (secondary N) is 3. The van der Waals surface area contributed by atoms with Crippen LogP contribution in [-0.2, 0) is 11.2 Å². The van der Waals surface area contributed by atoms with Crippen LogP contribution < -0.4 is 16.2 Å². The Balaban J connectivity index is 1.58. The van der Waals surface area contributed by atoms with E-state index < -0.39 is 22.8 Å². The molecule has 1 aromatic heterocycles. The normalized spacial score (nSPS) is 11.6. The average Bonchev–Trinajstić information content (AvgIpc) is 2.84. The van der Waals surface area contributed by atoms with Gasteiger partial charge in [0.1, 0.15) is 6.04 Å². The third kappa shape index (κ3) is 5.59. The summed E-state index contributed by atoms with van der Waals surface area (Å²) < 4.78 is 0. The number of aryl methyl sites for hydroxylation is 1. The van der Waals surface area contributed by atoms with E-state index >= 15 is 0 Å². The standard InChI is InChI=1S/C26H22N4O5/c1-16-13-24(31)28-22-15-18(7-12-21(16)22)25(32)29-23(14-17-5-3-2-4-6-17)26(33)27-19-8-10-20(11-9-19)30(34)35/h2-13,15,23H,14H2,1H3,(H,27,33)(H,28,31)(H,29,32)/t23-/m0/s1. The Morgan fingerprint density at radius 2 is 1.71 bits per heavy atom. The monoisotopic (exact) mass is 470 g/mol. The smallest absolute Gasteiger partial charge is 0.269 e. The Morgan fingerprint density at radius 1 is 1.00 bits per heavy atom. The van der Waals surface area contributed by atoms with Crippen LogP contribution in [0.25, 0.3) is 10.9 Å². The Labute approximate surface area is 200 Å². The van der Waals surface area contributed by atoms with Gasteiger partial charge in [0.05, 0.1) is 4.92 Å². The maximum absolute atomic E-state index is 13.1. The molecule has 1 heterocycles. The largest absolute Gasteiger partial charge is 0.340 e. The number of hydrogen-bond donors (Lipinski definition) is 3. The van der Waals surface area contributed by atoms with Crippen LogP contribution in [-0.4, -0.2) is 27.8 Å². The van der Waals surface area contributed by atoms with Crippen LogP contribution in [0.2, 0.25) is 0 Å². The summed E-state index contributed by atoms with van der Waals surface area (Å²) in [6, 6.07) is 20.2. The van der Waals surface area contributed by atoms with Crippen LogP contribution in [0.15, 0.2) is 83.7 Å². The number of benzene rings is 3. The van der Waals surface area contributed by atoms with Gasteiger partial charge in [0, 0.05) is 46.8 Å². The maximum atomic E-state index is 13.1. The quantitative estimate of drug-likeness (QED) is 0.280. The molecular weight excluding hydrogens is 448 g/mol. The van der Waals surface area contributed by atoms with Gasteiger partial charge in [-0.15, -0.1) is 0 Å². The fourth-order valence-electron chi connectivity index (χ4n) is 3.77. The van der Waals surface area contributed by atoms with Gasteiger partial charge < -0.3 is 15.6 Å². The summed E-state index contributed by atoms with van der Waals surface area (Å²) in [6.45, 7) is 1.82. The molecule has 3 N–H and O–H groups in total. The van der Waals surface area contributed by atoms with Crippen LogP contribution >= 0.6 is 0 Å². The lowest BCUT2D eigenvalue weighted by Gasteiger charge is -2.19. The number of nitro groups is 1. The van der Waals surface area contributed by atoms with Gasteiger partial charge in [-0.05, 0) is 42.3 Å². The molecule has 0 unspecified atom stereocenters. The number of non-ortho nitro benzene ring substituents is 1. The van der Waals surface area contributed by atoms with Gasteiger partial charge in [0.2, 0.25) is 11.5 Å². The lowest BCUT2D eigenvalue weighted by Crippen LogP contribution is -2.45. The molecule has 0 saturated carbocycles. The molecule has 0 fully saturated rings. The van der Waals surface area contributed by atoms with Gasteiger partial charge in [0.25, 0.3) is 11.6 Å². The summed E-state index contributed by atoms with van der Waals surface area (Å²) in [7, 11) is 0. The Kier molecular flexibility index (Phi) is 6.68. The number of pyridine rings is 1. The van der Waals surface area contributed by atoms with Crippen molar-refractivity contribution in [3.05, 3.63) is 116 Å². The van der Waals surface area contributed by atoms with Gasteiger partial charge in [0.15, 0.2) is 0 Å². The maximum Gasteiger partial charge on any atom is 0.269 e. The second-order valence-electron chi connectivity index (χ2n) is 8.09. The van der Waals surface area contributed by atoms with Crippen molar-refractivity contribution in [2.75, 3.05) is 5.32 Å². The number of aromatic nitrogens is 1. The van der Waals surface area contributed by atoms with Crippen molar-refractivity contribution in [3.63, 3.8) is 0 Å². The lowest BCUT2D eigenvalue weighted by atomic mass is 10.0. The van der Waals surface area contributed by atoms with E-state index in [0.717, 1.165) is 16.5 Å². The highest BCUT2D eigenvalue weighted by Gasteiger charge is 2.23. The number of aromatic amines is 1. The van der Waals surface area contributed by atoms with Crippen molar-refractivity contribution in [3.8, 4) is 0 Å². The van der Waals surface area contributed by atoms with Crippen molar-refractivity contribution in [1.29, 1.82) is 0 Å². The molecule has 0 bridgehead atoms. The van der Waals surface area contributed by atoms with E-state index in [0.29, 0.717) is 16.8 Å². The van der Waals surface area contributed by atoms with Crippen LogP contribution in [0, 0.1) is 17.0 Å². The van der Waals surface area contributed by atoms with Gasteiger partial charge in [-0.25, -0.2) is 0 Å². The van der Waals surface area contributed by atoms with Crippen LogP contribution in [0.1, 0.15) is 21.5 Å². The van der Waals surface area contributed by atoms with Gasteiger partial charge in [-0.2, -0.15) is 0 Å². The van der Waals surface area contributed by atoms with Crippen molar-refractivity contribution in [2.24, 2.45) is 0 Å². The minimum Gasteiger partial charge on any atom is -0.340 e. The Bertz CT molecular complexity index is 1460. The van der Waals surface area contributed by atoms with E-state index in [-0.39, 0.29) is 17.7 Å². The first kappa shape index (κ1) is 23.4. The first-order valence-electron chi connectivity index (χ1n) is 10.8. The number of rotatable bonds is 7. The molecule has 0 aliphatic carbocycles. The number of anilines is 1. The molecule has 35 heavy (non-hydrogen) atoms. The number of carbonyl (C=O) groups excluding carboxylic acids is 2. The zero-order chi connectivity index (χ0) is 24.9. The van der Waals surface area contributed by atoms with E-state index in [1.165, 1.54) is 30.3 Å². The highest BCUT2D eigenvalue weighted by atomic mass is 16.6. The molecule has 9 nitrogen and oxygen atoms in total. The molecule has 2 amide bonds. The highest BCUT2D eigenvalue weighted by Crippen LogP contribution is 2.18. The zero-order valence-electron chi connectivity index (χ0n) is 18.8. The van der Waals surface area contributed by atoms with Crippen LogP contribution in [0.5, 0.6) is 0 Å². The number of fused-ring (bicyclic) bond motifs is 1. The summed E-state index contributed by atoms with van der Waals surface area (Å²) in [5, 5.41) is 17.2. The number of hydrogen-bond acceptors (Lipinski definition) is 5. The summed E-state index contributed by atoms with van der Waals surface area (Å²) in [4.78, 5) is 51.1. The third-order valence-corrected chi connectivity index (χ3v) is 5.56. The number of carbonyl (C=O) groups is 2. The first-order chi connectivity index (χ1) is 16.8. The van der Waals surface area contributed by atoms with Crippen LogP contribution in [0.3, 0.4) is 0 Å². The molecule has 4 rings (SSSR count). The minimum absolute atomic E-state index is 0.0956. The van der Waals surface area contributed by atoms with E-state index in [2.05, 4.69) is 15.6 Å². The molecule has 4 aromatic rings. The summed E-state index contributed by atoms with van der Waals surface area (Å²) in [5.74, 6) is -0.949. The molecule has 176 valence electrons. The predicted molar refractivity (Wildman–Crippen MR) is 132 cm³/mol. The van der Waals surface area contributed by atoms with Crippen molar-refractivity contribution in [1.82, 2.24) is 10.3 Å². The van der Waals surface area contributed by atoms with Crippen molar-refractivity contribution in [2.45, 2.75) is 19.4 Å². The summed E-state index contributed by atoms with van der Waals surface area (Å²) in [6.07, 6.45) is 0.231. The molecule has 1 atom stereocenters. The molecule has 0 saturated heterocycles. The molecule has 9 heteroatoms. The van der Waals surface area contributed by atoms with Crippen LogP contribution in [0.4, 0.5) is 11.4 Å². The minimum atomic E-state index is -0.924. The highest BCUT2D eigenvalue weighted by molar-refractivity contribution is 6.03. The molecule has 0 aliphatic heterocycles. The molecule has 0 spiro atoms. The second kappa shape index (κ2) is 10.0. The fraction of sp³-hybridized carbons (Fsp3) is 0.115. The Hall–Kier alpha value is -4.79. The molecule has 0 radical (unpaired) electrons. The average molecular weight is 470 g/mol. The van der Waals surface area contributed by atoms with Gasteiger partial charge in [-0.3, -0.25) is 24.5 Å². The summed E-state index contributed by atoms with van der Waals surface area (Å²) >= 11 is 0. The van der Waals surface area contributed by atoms with E-state index in [4.69, 9.17) is 0 Å². The fourth-order valence-corrected chi connectivity index (χ4v) is 3.77. The topological polar surface area (TPSA) is 134 Å². The number of nitro benzene ring substituents is 1. The molecule has 3 aromatic carbocycles. The SMILES string of the molecule is Cc1cc(=O)[nH]c2cc(C(=O)N[C@@H](Cc3ccccc3)C(=O)Nc3ccc([N+](=O)[O-])cc3)ccc12. The zero-order valence-corrected chi connectivity index (χ0v) is 18.8. The van der Waals surface area contributed by atoms with Gasteiger partial charge >= 0.3 is 0 Å². The van der Waals surface area contributed by atoms with Gasteiger partial charge in [-0.1, -0.05) is 36.4 Å². The van der Waals surface area contributed by atoms with E-state index in [1.807, 2.05) is 37.3 Å². The van der Waals surface area contributed by atoms with E-state index in [1.54, 1.807) is 18.2 Å². The number of amides is 2. The van der Waals surface area contributed by atoms with E-state index in [9.17, 15) is 24.5 Å². The molecular formula is C26H22N4O5. The predicted octanol–water partition coefficient (Wildman–Crippen LogP) is 3.72. The molecule has 0 aliphatic rings. The lowest BCUT2D eigenvalue weighted by molar-refractivity contribution is -0.384. The third-order valence-electron chi connectivity index (χ3n) is 5.56. The number of H-pyrrole nitrogens is 1. The first-order valence-corrected chi connectivity index (χ1v) is 10.8. The summed E-state index contributed by atoms with van der Waals surface area (Å²) in [5.41, 5.74) is 2.46. The Morgan fingerprint density at radius 3 is 2.40 bits per heavy atom. The number of nitrogens with zero attached hydrogens (tertiary/aromatic N) is 1.